The van der Waals surface area contributed by atoms with Crippen LogP contribution in [0.25, 0.3) is 0 Å². The Balaban J connectivity index is 1.68. The van der Waals surface area contributed by atoms with Crippen molar-refractivity contribution in [3.05, 3.63) is 69.3 Å². The normalized spacial score (nSPS) is 21.1. The summed E-state index contributed by atoms with van der Waals surface area (Å²) in [7, 11) is 0. The summed E-state index contributed by atoms with van der Waals surface area (Å²) in [5.74, 6) is -1.73. The van der Waals surface area contributed by atoms with Gasteiger partial charge in [-0.15, -0.1) is 0 Å². The van der Waals surface area contributed by atoms with Gasteiger partial charge in [-0.3, -0.25) is 19.7 Å². The van der Waals surface area contributed by atoms with Crippen LogP contribution in [0.1, 0.15) is 16.7 Å². The molecular formula is C19H15N3O5. The Bertz CT molecular complexity index is 1010. The first-order valence-corrected chi connectivity index (χ1v) is 8.32. The van der Waals surface area contributed by atoms with Gasteiger partial charge in [-0.1, -0.05) is 22.9 Å². The van der Waals surface area contributed by atoms with E-state index in [2.05, 4.69) is 5.16 Å². The van der Waals surface area contributed by atoms with Gasteiger partial charge in [-0.05, 0) is 37.6 Å². The molecule has 0 aliphatic carbocycles. The Morgan fingerprint density at radius 2 is 1.78 bits per heavy atom. The second-order valence-electron chi connectivity index (χ2n) is 6.59. The van der Waals surface area contributed by atoms with Crippen molar-refractivity contribution in [3.8, 4) is 0 Å². The molecule has 1 saturated heterocycles. The Kier molecular flexibility index (Phi) is 3.76. The molecule has 0 bridgehead atoms. The fourth-order valence-corrected chi connectivity index (χ4v) is 3.46. The van der Waals surface area contributed by atoms with Crippen LogP contribution in [0, 0.1) is 29.9 Å². The topological polar surface area (TPSA) is 102 Å². The van der Waals surface area contributed by atoms with Crippen molar-refractivity contribution >= 4 is 28.9 Å². The van der Waals surface area contributed by atoms with Crippen molar-refractivity contribution in [2.75, 3.05) is 4.90 Å². The zero-order valence-corrected chi connectivity index (χ0v) is 14.6. The number of oxime groups is 1. The number of anilines is 1. The highest BCUT2D eigenvalue weighted by Gasteiger charge is 2.56. The third-order valence-corrected chi connectivity index (χ3v) is 4.78. The summed E-state index contributed by atoms with van der Waals surface area (Å²) in [6, 6.07) is 11.1. The lowest BCUT2D eigenvalue weighted by Gasteiger charge is -2.18. The first-order chi connectivity index (χ1) is 12.9. The van der Waals surface area contributed by atoms with Crippen LogP contribution < -0.4 is 4.90 Å². The van der Waals surface area contributed by atoms with Crippen LogP contribution in [0.15, 0.2) is 47.6 Å². The molecule has 2 amide bonds. The molecule has 0 N–H and O–H groups in total. The van der Waals surface area contributed by atoms with E-state index in [0.717, 1.165) is 16.0 Å². The highest BCUT2D eigenvalue weighted by atomic mass is 16.7. The van der Waals surface area contributed by atoms with E-state index in [0.29, 0.717) is 17.0 Å². The van der Waals surface area contributed by atoms with Gasteiger partial charge in [0.1, 0.15) is 11.6 Å². The van der Waals surface area contributed by atoms with Gasteiger partial charge in [-0.2, -0.15) is 0 Å². The van der Waals surface area contributed by atoms with E-state index in [1.807, 2.05) is 26.0 Å². The zero-order chi connectivity index (χ0) is 19.3. The van der Waals surface area contributed by atoms with E-state index in [1.54, 1.807) is 6.07 Å². The molecule has 0 saturated carbocycles. The predicted molar refractivity (Wildman–Crippen MR) is 96.4 cm³/mol. The van der Waals surface area contributed by atoms with Crippen molar-refractivity contribution < 1.29 is 19.3 Å². The fourth-order valence-electron chi connectivity index (χ4n) is 3.46. The zero-order valence-electron chi connectivity index (χ0n) is 14.6. The van der Waals surface area contributed by atoms with E-state index in [-0.39, 0.29) is 5.69 Å². The van der Waals surface area contributed by atoms with Crippen LogP contribution in [-0.4, -0.2) is 28.6 Å². The molecule has 0 radical (unpaired) electrons. The van der Waals surface area contributed by atoms with Crippen LogP contribution >= 0.6 is 0 Å². The predicted octanol–water partition coefficient (Wildman–Crippen LogP) is 2.50. The number of hydrogen-bond acceptors (Lipinski definition) is 6. The molecule has 0 unspecified atom stereocenters. The SMILES string of the molecule is Cc1ccc(N2C(=O)[C@H]3C(c4ccc([N+](=O)[O-])cc4)=NO[C@@H]3C2=O)c(C)c1. The summed E-state index contributed by atoms with van der Waals surface area (Å²) in [5, 5.41) is 14.7. The first-order valence-electron chi connectivity index (χ1n) is 8.32. The lowest BCUT2D eigenvalue weighted by molar-refractivity contribution is -0.384. The van der Waals surface area contributed by atoms with E-state index < -0.39 is 28.8 Å². The molecule has 2 aromatic rings. The van der Waals surface area contributed by atoms with E-state index in [4.69, 9.17) is 4.84 Å². The molecule has 136 valence electrons. The molecule has 27 heavy (non-hydrogen) atoms. The molecule has 2 aromatic carbocycles. The molecule has 8 nitrogen and oxygen atoms in total. The quantitative estimate of drug-likeness (QED) is 0.472. The maximum Gasteiger partial charge on any atom is 0.278 e. The minimum Gasteiger partial charge on any atom is -0.381 e. The Hall–Kier alpha value is -3.55. The molecule has 2 heterocycles. The number of benzene rings is 2. The third kappa shape index (κ3) is 2.57. The molecule has 1 fully saturated rings. The first kappa shape index (κ1) is 16.9. The second-order valence-corrected chi connectivity index (χ2v) is 6.59. The number of non-ortho nitro benzene ring substituents is 1. The monoisotopic (exact) mass is 365 g/mol. The minimum atomic E-state index is -1.01. The maximum absolute atomic E-state index is 13.0. The number of rotatable bonds is 3. The highest BCUT2D eigenvalue weighted by molar-refractivity contribution is 6.32. The summed E-state index contributed by atoms with van der Waals surface area (Å²) in [5.41, 5.74) is 3.11. The van der Waals surface area contributed by atoms with Crippen molar-refractivity contribution in [1.82, 2.24) is 0 Å². The number of nitrogens with zero attached hydrogens (tertiary/aromatic N) is 3. The number of nitro benzene ring substituents is 1. The molecule has 8 heteroatoms. The number of carbonyl (C=O) groups is 2. The number of fused-ring (bicyclic) bond motifs is 1. The van der Waals surface area contributed by atoms with Gasteiger partial charge in [0.05, 0.1) is 10.6 Å². The number of hydrogen-bond donors (Lipinski definition) is 0. The van der Waals surface area contributed by atoms with Crippen molar-refractivity contribution in [3.63, 3.8) is 0 Å². The van der Waals surface area contributed by atoms with Gasteiger partial charge >= 0.3 is 0 Å². The van der Waals surface area contributed by atoms with E-state index >= 15 is 0 Å². The maximum atomic E-state index is 13.0. The number of nitro groups is 1. The smallest absolute Gasteiger partial charge is 0.278 e. The van der Waals surface area contributed by atoms with Gasteiger partial charge in [0.2, 0.25) is 12.0 Å². The lowest BCUT2D eigenvalue weighted by atomic mass is 9.94. The standard InChI is InChI=1S/C19H15N3O5/c1-10-3-8-14(11(2)9-10)21-18(23)15-16(20-27-17(15)19(21)24)12-4-6-13(7-5-12)22(25)26/h3-9,15,17H,1-2H3/t15-,17-/m0/s1. The fraction of sp³-hybridized carbons (Fsp3) is 0.211. The Morgan fingerprint density at radius 1 is 1.07 bits per heavy atom. The summed E-state index contributed by atoms with van der Waals surface area (Å²) >= 11 is 0. The molecular weight excluding hydrogens is 350 g/mol. The molecule has 0 spiro atoms. The molecule has 2 aliphatic rings. The van der Waals surface area contributed by atoms with Crippen LogP contribution in [0.5, 0.6) is 0 Å². The van der Waals surface area contributed by atoms with E-state index in [1.165, 1.54) is 24.3 Å². The largest absolute Gasteiger partial charge is 0.381 e. The van der Waals surface area contributed by atoms with Crippen LogP contribution in [0.3, 0.4) is 0 Å². The number of imide groups is 1. The Morgan fingerprint density at radius 3 is 2.41 bits per heavy atom. The number of carbonyl (C=O) groups excluding carboxylic acids is 2. The average Bonchev–Trinajstić information content (AvgIpc) is 3.17. The summed E-state index contributed by atoms with van der Waals surface area (Å²) in [6.45, 7) is 3.77. The highest BCUT2D eigenvalue weighted by Crippen LogP contribution is 2.36. The summed E-state index contributed by atoms with van der Waals surface area (Å²) in [4.78, 5) is 42.5. The minimum absolute atomic E-state index is 0.0689. The number of aryl methyl sites for hydroxylation is 2. The van der Waals surface area contributed by atoms with E-state index in [9.17, 15) is 19.7 Å². The van der Waals surface area contributed by atoms with Gasteiger partial charge < -0.3 is 4.84 Å². The van der Waals surface area contributed by atoms with Crippen molar-refractivity contribution in [2.45, 2.75) is 20.0 Å². The van der Waals surface area contributed by atoms with Crippen LogP contribution in [0.4, 0.5) is 11.4 Å². The number of amides is 2. The molecule has 2 atom stereocenters. The second kappa shape index (κ2) is 6.01. The summed E-state index contributed by atoms with van der Waals surface area (Å²) < 4.78 is 0. The Labute approximate surface area is 154 Å². The molecule has 4 rings (SSSR count). The van der Waals surface area contributed by atoms with Gasteiger partial charge in [-0.25, -0.2) is 4.90 Å². The van der Waals surface area contributed by atoms with Gasteiger partial charge in [0.15, 0.2) is 0 Å². The lowest BCUT2D eigenvalue weighted by Crippen LogP contribution is -2.33. The third-order valence-electron chi connectivity index (χ3n) is 4.78. The average molecular weight is 365 g/mol. The molecule has 2 aliphatic heterocycles. The molecule has 0 aromatic heterocycles. The summed E-state index contributed by atoms with van der Waals surface area (Å²) in [6.07, 6.45) is -1.01. The van der Waals surface area contributed by atoms with Crippen LogP contribution in [0.2, 0.25) is 0 Å². The van der Waals surface area contributed by atoms with Gasteiger partial charge in [0.25, 0.3) is 11.6 Å². The van der Waals surface area contributed by atoms with Crippen LogP contribution in [-0.2, 0) is 14.4 Å². The van der Waals surface area contributed by atoms with Gasteiger partial charge in [0, 0.05) is 17.7 Å². The van der Waals surface area contributed by atoms with Crippen molar-refractivity contribution in [1.29, 1.82) is 0 Å². The van der Waals surface area contributed by atoms with Crippen molar-refractivity contribution in [2.24, 2.45) is 11.1 Å².